The number of carbonyl (C=O) groups is 1. The van der Waals surface area contributed by atoms with Crippen LogP contribution in [0.5, 0.6) is 0 Å². The van der Waals surface area contributed by atoms with E-state index in [0.717, 1.165) is 12.0 Å². The normalized spacial score (nSPS) is 9.80. The van der Waals surface area contributed by atoms with Crippen LogP contribution in [0, 0.1) is 11.3 Å². The predicted molar refractivity (Wildman–Crippen MR) is 75.9 cm³/mol. The number of hydrogen-bond acceptors (Lipinski definition) is 3. The molecule has 0 spiro atoms. The molecular formula is C16H15N3O. The first-order chi connectivity index (χ1) is 9.72. The molecule has 4 nitrogen and oxygen atoms in total. The van der Waals surface area contributed by atoms with Crippen molar-refractivity contribution in [2.45, 2.75) is 19.9 Å². The molecule has 0 unspecified atom stereocenters. The first-order valence-electron chi connectivity index (χ1n) is 6.45. The highest BCUT2D eigenvalue weighted by molar-refractivity contribution is 5.93. The highest BCUT2D eigenvalue weighted by Gasteiger charge is 2.05. The molecule has 4 heteroatoms. The number of nitrogens with one attached hydrogen (secondary N) is 1. The fourth-order valence-corrected chi connectivity index (χ4v) is 1.77. The molecular weight excluding hydrogens is 250 g/mol. The van der Waals surface area contributed by atoms with Crippen LogP contribution in [-0.2, 0) is 13.0 Å². The summed E-state index contributed by atoms with van der Waals surface area (Å²) in [5.74, 6) is -0.193. The molecule has 1 heterocycles. The van der Waals surface area contributed by atoms with Crippen molar-refractivity contribution in [1.82, 2.24) is 10.3 Å². The molecule has 2 aromatic rings. The summed E-state index contributed by atoms with van der Waals surface area (Å²) in [4.78, 5) is 15.8. The summed E-state index contributed by atoms with van der Waals surface area (Å²) < 4.78 is 0. The van der Waals surface area contributed by atoms with Crippen LogP contribution in [0.3, 0.4) is 0 Å². The molecule has 1 amide bonds. The molecule has 1 aromatic heterocycles. The zero-order chi connectivity index (χ0) is 14.4. The van der Waals surface area contributed by atoms with Gasteiger partial charge in [-0.25, -0.2) is 4.98 Å². The number of pyridine rings is 1. The van der Waals surface area contributed by atoms with Gasteiger partial charge in [0.25, 0.3) is 5.91 Å². The molecule has 2 rings (SSSR count). The number of aryl methyl sites for hydroxylation is 1. The number of nitriles is 1. The fraction of sp³-hybridized carbons (Fsp3) is 0.188. The van der Waals surface area contributed by atoms with Crippen molar-refractivity contribution < 1.29 is 4.79 Å². The van der Waals surface area contributed by atoms with Gasteiger partial charge in [-0.05, 0) is 29.7 Å². The zero-order valence-corrected chi connectivity index (χ0v) is 11.3. The summed E-state index contributed by atoms with van der Waals surface area (Å²) in [7, 11) is 0. The Kier molecular flexibility index (Phi) is 4.46. The molecule has 0 bridgehead atoms. The van der Waals surface area contributed by atoms with E-state index < -0.39 is 0 Å². The number of aromatic nitrogens is 1. The Balaban J connectivity index is 1.95. The van der Waals surface area contributed by atoms with Crippen LogP contribution in [0.4, 0.5) is 0 Å². The molecule has 20 heavy (non-hydrogen) atoms. The number of hydrogen-bond donors (Lipinski definition) is 1. The van der Waals surface area contributed by atoms with Crippen molar-refractivity contribution in [2.24, 2.45) is 0 Å². The van der Waals surface area contributed by atoms with Gasteiger partial charge in [-0.3, -0.25) is 4.79 Å². The number of carbonyl (C=O) groups excluding carboxylic acids is 1. The standard InChI is InChI=1S/C16H15N3O/c1-2-12-3-5-13(6-4-12)10-19-16(20)14-7-8-15(9-17)18-11-14/h3-8,11H,2,10H2,1H3,(H,19,20). The van der Waals surface area contributed by atoms with Gasteiger partial charge in [0.1, 0.15) is 11.8 Å². The van der Waals surface area contributed by atoms with Crippen LogP contribution in [0.15, 0.2) is 42.6 Å². The van der Waals surface area contributed by atoms with E-state index >= 15 is 0 Å². The molecule has 0 aliphatic rings. The third kappa shape index (κ3) is 3.42. The van der Waals surface area contributed by atoms with E-state index in [-0.39, 0.29) is 5.91 Å². The summed E-state index contributed by atoms with van der Waals surface area (Å²) in [5.41, 5.74) is 3.08. The van der Waals surface area contributed by atoms with E-state index in [1.165, 1.54) is 17.8 Å². The minimum absolute atomic E-state index is 0.193. The summed E-state index contributed by atoms with van der Waals surface area (Å²) in [6.07, 6.45) is 2.41. The monoisotopic (exact) mass is 265 g/mol. The highest BCUT2D eigenvalue weighted by Crippen LogP contribution is 2.05. The second-order valence-electron chi connectivity index (χ2n) is 4.40. The van der Waals surface area contributed by atoms with E-state index in [4.69, 9.17) is 5.26 Å². The summed E-state index contributed by atoms with van der Waals surface area (Å²) in [6, 6.07) is 13.2. The molecule has 0 aliphatic heterocycles. The van der Waals surface area contributed by atoms with Crippen LogP contribution in [0.25, 0.3) is 0 Å². The Labute approximate surface area is 118 Å². The Morgan fingerprint density at radius 3 is 2.45 bits per heavy atom. The maximum absolute atomic E-state index is 11.9. The quantitative estimate of drug-likeness (QED) is 0.923. The molecule has 0 saturated heterocycles. The van der Waals surface area contributed by atoms with Crippen molar-refractivity contribution in [3.63, 3.8) is 0 Å². The first-order valence-corrected chi connectivity index (χ1v) is 6.45. The molecule has 0 atom stereocenters. The van der Waals surface area contributed by atoms with Gasteiger partial charge in [0.2, 0.25) is 0 Å². The number of rotatable bonds is 4. The predicted octanol–water partition coefficient (Wildman–Crippen LogP) is 2.45. The molecule has 1 N–H and O–H groups in total. The van der Waals surface area contributed by atoms with Crippen molar-refractivity contribution in [2.75, 3.05) is 0 Å². The van der Waals surface area contributed by atoms with Crippen molar-refractivity contribution in [1.29, 1.82) is 5.26 Å². The summed E-state index contributed by atoms with van der Waals surface area (Å²) >= 11 is 0. The Bertz CT molecular complexity index is 624. The number of nitrogens with zero attached hydrogens (tertiary/aromatic N) is 2. The van der Waals surface area contributed by atoms with Crippen LogP contribution >= 0.6 is 0 Å². The van der Waals surface area contributed by atoms with Gasteiger partial charge < -0.3 is 5.32 Å². The van der Waals surface area contributed by atoms with Gasteiger partial charge in [0.05, 0.1) is 5.56 Å². The van der Waals surface area contributed by atoms with Gasteiger partial charge in [-0.1, -0.05) is 31.2 Å². The lowest BCUT2D eigenvalue weighted by Crippen LogP contribution is -2.22. The third-order valence-electron chi connectivity index (χ3n) is 3.02. The maximum Gasteiger partial charge on any atom is 0.253 e. The maximum atomic E-state index is 11.9. The minimum Gasteiger partial charge on any atom is -0.348 e. The molecule has 0 saturated carbocycles. The van der Waals surface area contributed by atoms with Crippen LogP contribution in [0.1, 0.15) is 34.1 Å². The minimum atomic E-state index is -0.193. The average molecular weight is 265 g/mol. The van der Waals surface area contributed by atoms with Crippen molar-refractivity contribution in [3.8, 4) is 6.07 Å². The van der Waals surface area contributed by atoms with Gasteiger partial charge in [-0.2, -0.15) is 5.26 Å². The largest absolute Gasteiger partial charge is 0.348 e. The fourth-order valence-electron chi connectivity index (χ4n) is 1.77. The van der Waals surface area contributed by atoms with E-state index in [9.17, 15) is 4.79 Å². The van der Waals surface area contributed by atoms with E-state index in [1.807, 2.05) is 18.2 Å². The average Bonchev–Trinajstić information content (AvgIpc) is 2.53. The van der Waals surface area contributed by atoms with E-state index in [2.05, 4.69) is 29.4 Å². The van der Waals surface area contributed by atoms with Gasteiger partial charge in [0, 0.05) is 12.7 Å². The Morgan fingerprint density at radius 1 is 1.20 bits per heavy atom. The molecule has 0 radical (unpaired) electrons. The van der Waals surface area contributed by atoms with Crippen LogP contribution in [-0.4, -0.2) is 10.9 Å². The van der Waals surface area contributed by atoms with Gasteiger partial charge in [0.15, 0.2) is 0 Å². The SMILES string of the molecule is CCc1ccc(CNC(=O)c2ccc(C#N)nc2)cc1. The second kappa shape index (κ2) is 6.48. The third-order valence-corrected chi connectivity index (χ3v) is 3.02. The van der Waals surface area contributed by atoms with Crippen molar-refractivity contribution in [3.05, 3.63) is 65.0 Å². The van der Waals surface area contributed by atoms with Crippen LogP contribution < -0.4 is 5.32 Å². The molecule has 1 aromatic carbocycles. The lowest BCUT2D eigenvalue weighted by atomic mass is 10.1. The molecule has 0 aliphatic carbocycles. The lowest BCUT2D eigenvalue weighted by molar-refractivity contribution is 0.0950. The lowest BCUT2D eigenvalue weighted by Gasteiger charge is -2.06. The molecule has 0 fully saturated rings. The summed E-state index contributed by atoms with van der Waals surface area (Å²) in [5, 5.41) is 11.5. The van der Waals surface area contributed by atoms with Gasteiger partial charge in [-0.15, -0.1) is 0 Å². The Hall–Kier alpha value is -2.67. The second-order valence-corrected chi connectivity index (χ2v) is 4.40. The van der Waals surface area contributed by atoms with Crippen molar-refractivity contribution >= 4 is 5.91 Å². The number of amides is 1. The zero-order valence-electron chi connectivity index (χ0n) is 11.3. The first kappa shape index (κ1) is 13.8. The Morgan fingerprint density at radius 2 is 1.90 bits per heavy atom. The van der Waals surface area contributed by atoms with Gasteiger partial charge >= 0.3 is 0 Å². The molecule has 100 valence electrons. The highest BCUT2D eigenvalue weighted by atomic mass is 16.1. The number of benzene rings is 1. The van der Waals surface area contributed by atoms with E-state index in [0.29, 0.717) is 17.8 Å². The smallest absolute Gasteiger partial charge is 0.253 e. The topological polar surface area (TPSA) is 65.8 Å². The summed E-state index contributed by atoms with van der Waals surface area (Å²) in [6.45, 7) is 2.58. The van der Waals surface area contributed by atoms with E-state index in [1.54, 1.807) is 6.07 Å². The van der Waals surface area contributed by atoms with Crippen LogP contribution in [0.2, 0.25) is 0 Å².